The van der Waals surface area contributed by atoms with E-state index in [2.05, 4.69) is 164 Å². The van der Waals surface area contributed by atoms with Crippen LogP contribution in [0.5, 0.6) is 11.5 Å². The topological polar surface area (TPSA) is 9.23 Å². The summed E-state index contributed by atoms with van der Waals surface area (Å²) >= 11 is 0. The molecular weight excluding hydrogens is 569 g/mol. The summed E-state index contributed by atoms with van der Waals surface area (Å²) in [4.78, 5) is 0. The molecule has 10 rings (SSSR count). The van der Waals surface area contributed by atoms with Gasteiger partial charge in [0.15, 0.2) is 0 Å². The van der Waals surface area contributed by atoms with E-state index in [1.807, 2.05) is 6.07 Å². The van der Waals surface area contributed by atoms with Gasteiger partial charge in [-0.15, -0.1) is 0 Å². The summed E-state index contributed by atoms with van der Waals surface area (Å²) in [7, 11) is 0. The first-order chi connectivity index (χ1) is 23.3. The smallest absolute Gasteiger partial charge is 0.135 e. The minimum absolute atomic E-state index is 0.909. The molecule has 1 heterocycles. The van der Waals surface area contributed by atoms with Crippen molar-refractivity contribution in [1.82, 2.24) is 0 Å². The Hall–Kier alpha value is -6.18. The molecule has 1 aliphatic heterocycles. The highest BCUT2D eigenvalue weighted by molar-refractivity contribution is 6.24. The van der Waals surface area contributed by atoms with Crippen LogP contribution in [0.3, 0.4) is 0 Å². The fourth-order valence-corrected chi connectivity index (χ4v) is 7.75. The molecule has 0 aromatic heterocycles. The molecule has 0 radical (unpaired) electrons. The van der Waals surface area contributed by atoms with Gasteiger partial charge < -0.3 is 4.74 Å². The van der Waals surface area contributed by atoms with Gasteiger partial charge in [0.1, 0.15) is 11.5 Å². The molecule has 0 aliphatic carbocycles. The van der Waals surface area contributed by atoms with Crippen molar-refractivity contribution in [3.8, 4) is 56.0 Å². The molecule has 0 bridgehead atoms. The van der Waals surface area contributed by atoms with Gasteiger partial charge in [-0.25, -0.2) is 0 Å². The Balaban J connectivity index is 1.24. The summed E-state index contributed by atoms with van der Waals surface area (Å²) in [5.41, 5.74) is 9.76. The number of hydrogen-bond acceptors (Lipinski definition) is 1. The first-order valence-electron chi connectivity index (χ1n) is 16.2. The van der Waals surface area contributed by atoms with Crippen molar-refractivity contribution in [3.63, 3.8) is 0 Å². The predicted octanol–water partition coefficient (Wildman–Crippen LogP) is 13.1. The molecule has 0 amide bonds. The van der Waals surface area contributed by atoms with Gasteiger partial charge >= 0.3 is 0 Å². The van der Waals surface area contributed by atoms with E-state index in [1.54, 1.807) is 0 Å². The van der Waals surface area contributed by atoms with Crippen LogP contribution in [0.1, 0.15) is 0 Å². The van der Waals surface area contributed by atoms with Crippen LogP contribution in [-0.4, -0.2) is 0 Å². The SMILES string of the molecule is c1cc(-c2ccc3ccccc3c2)cc(-c2c3ccccc3c(-c3ccc4c5c(cccc35)Oc3ccccc3-4)c3ccccc23)c1. The molecule has 47 heavy (non-hydrogen) atoms. The lowest BCUT2D eigenvalue weighted by molar-refractivity contribution is 0.487. The Morgan fingerprint density at radius 1 is 0.298 bits per heavy atom. The van der Waals surface area contributed by atoms with E-state index < -0.39 is 0 Å². The maximum atomic E-state index is 6.46. The average Bonchev–Trinajstić information content (AvgIpc) is 3.14. The average molecular weight is 597 g/mol. The Kier molecular flexibility index (Phi) is 5.64. The highest BCUT2D eigenvalue weighted by Crippen LogP contribution is 2.51. The second-order valence-corrected chi connectivity index (χ2v) is 12.4. The summed E-state index contributed by atoms with van der Waals surface area (Å²) in [6.45, 7) is 0. The van der Waals surface area contributed by atoms with Crippen molar-refractivity contribution in [2.45, 2.75) is 0 Å². The monoisotopic (exact) mass is 596 g/mol. The Morgan fingerprint density at radius 2 is 0.872 bits per heavy atom. The van der Waals surface area contributed by atoms with E-state index in [1.165, 1.54) is 82.0 Å². The van der Waals surface area contributed by atoms with Crippen LogP contribution in [-0.2, 0) is 0 Å². The van der Waals surface area contributed by atoms with Gasteiger partial charge in [-0.2, -0.15) is 0 Å². The van der Waals surface area contributed by atoms with Gasteiger partial charge in [0.2, 0.25) is 0 Å². The quantitative estimate of drug-likeness (QED) is 0.184. The third kappa shape index (κ3) is 3.97. The van der Waals surface area contributed by atoms with Crippen molar-refractivity contribution < 1.29 is 4.74 Å². The van der Waals surface area contributed by atoms with E-state index in [9.17, 15) is 0 Å². The molecule has 0 atom stereocenters. The maximum absolute atomic E-state index is 6.46. The van der Waals surface area contributed by atoms with E-state index in [0.717, 1.165) is 17.1 Å². The molecule has 218 valence electrons. The molecule has 0 N–H and O–H groups in total. The number of rotatable bonds is 3. The minimum atomic E-state index is 0.909. The van der Waals surface area contributed by atoms with Crippen LogP contribution in [0.25, 0.3) is 87.6 Å². The number of para-hydroxylation sites is 1. The van der Waals surface area contributed by atoms with Gasteiger partial charge in [-0.05, 0) is 101 Å². The fraction of sp³-hybridized carbons (Fsp3) is 0. The Labute approximate surface area is 272 Å². The summed E-state index contributed by atoms with van der Waals surface area (Å²) in [6.07, 6.45) is 0. The zero-order valence-corrected chi connectivity index (χ0v) is 25.6. The largest absolute Gasteiger partial charge is 0.456 e. The van der Waals surface area contributed by atoms with Crippen molar-refractivity contribution >= 4 is 43.1 Å². The highest BCUT2D eigenvalue weighted by atomic mass is 16.5. The normalized spacial score (nSPS) is 12.0. The van der Waals surface area contributed by atoms with Gasteiger partial charge in [-0.1, -0.05) is 146 Å². The third-order valence-electron chi connectivity index (χ3n) is 9.83. The molecular formula is C46H28O. The Bertz CT molecular complexity index is 2660. The van der Waals surface area contributed by atoms with Crippen molar-refractivity contribution in [3.05, 3.63) is 170 Å². The molecule has 1 aliphatic rings. The minimum Gasteiger partial charge on any atom is -0.456 e. The number of fused-ring (bicyclic) bond motifs is 5. The third-order valence-corrected chi connectivity index (χ3v) is 9.83. The fourth-order valence-electron chi connectivity index (χ4n) is 7.75. The summed E-state index contributed by atoms with van der Waals surface area (Å²) in [6, 6.07) is 61.6. The molecule has 0 saturated heterocycles. The van der Waals surface area contributed by atoms with Gasteiger partial charge in [-0.3, -0.25) is 0 Å². The molecule has 9 aromatic rings. The van der Waals surface area contributed by atoms with E-state index in [-0.39, 0.29) is 0 Å². The van der Waals surface area contributed by atoms with Crippen molar-refractivity contribution in [1.29, 1.82) is 0 Å². The van der Waals surface area contributed by atoms with Crippen LogP contribution in [0.15, 0.2) is 170 Å². The molecule has 0 unspecified atom stereocenters. The lowest BCUT2D eigenvalue weighted by atomic mass is 9.83. The lowest BCUT2D eigenvalue weighted by Crippen LogP contribution is -1.98. The second-order valence-electron chi connectivity index (χ2n) is 12.4. The number of benzene rings is 9. The first-order valence-corrected chi connectivity index (χ1v) is 16.2. The van der Waals surface area contributed by atoms with Crippen LogP contribution in [0.2, 0.25) is 0 Å². The molecule has 1 heteroatoms. The van der Waals surface area contributed by atoms with Gasteiger partial charge in [0, 0.05) is 10.9 Å². The molecule has 0 fully saturated rings. The lowest BCUT2D eigenvalue weighted by Gasteiger charge is -2.24. The molecule has 0 saturated carbocycles. The summed E-state index contributed by atoms with van der Waals surface area (Å²) < 4.78 is 6.46. The van der Waals surface area contributed by atoms with Crippen LogP contribution in [0, 0.1) is 0 Å². The highest BCUT2D eigenvalue weighted by Gasteiger charge is 2.23. The van der Waals surface area contributed by atoms with E-state index in [0.29, 0.717) is 0 Å². The second kappa shape index (κ2) is 10.2. The molecule has 1 nitrogen and oxygen atoms in total. The van der Waals surface area contributed by atoms with Crippen LogP contribution >= 0.6 is 0 Å². The maximum Gasteiger partial charge on any atom is 0.135 e. The zero-order valence-electron chi connectivity index (χ0n) is 25.6. The first kappa shape index (κ1) is 26.1. The zero-order chi connectivity index (χ0) is 30.9. The van der Waals surface area contributed by atoms with E-state index in [4.69, 9.17) is 4.74 Å². The number of ether oxygens (including phenoxy) is 1. The molecule has 9 aromatic carbocycles. The standard InChI is InChI=1S/C46H28O/c1-2-12-30-27-32(24-23-29(30)11-1)31-13-9-14-33(28-31)44-35-16-3-5-18-37(35)45(38-19-6-4-17-36(38)44)41-26-25-40-34-15-7-8-21-42(34)47-43-22-10-20-39(41)46(40)43/h1-28H. The van der Waals surface area contributed by atoms with Crippen LogP contribution < -0.4 is 4.74 Å². The summed E-state index contributed by atoms with van der Waals surface area (Å²) in [5.74, 6) is 1.82. The van der Waals surface area contributed by atoms with Gasteiger partial charge in [0.05, 0.1) is 0 Å². The van der Waals surface area contributed by atoms with Crippen molar-refractivity contribution in [2.75, 3.05) is 0 Å². The summed E-state index contributed by atoms with van der Waals surface area (Å²) in [5, 5.41) is 9.88. The number of hydrogen-bond donors (Lipinski definition) is 0. The van der Waals surface area contributed by atoms with E-state index >= 15 is 0 Å². The Morgan fingerprint density at radius 3 is 1.68 bits per heavy atom. The molecule has 0 spiro atoms. The van der Waals surface area contributed by atoms with Crippen LogP contribution in [0.4, 0.5) is 0 Å². The predicted molar refractivity (Wildman–Crippen MR) is 198 cm³/mol. The van der Waals surface area contributed by atoms with Crippen molar-refractivity contribution in [2.24, 2.45) is 0 Å². The van der Waals surface area contributed by atoms with Gasteiger partial charge in [0.25, 0.3) is 0 Å².